The number of allylic oxidation sites excluding steroid dienone is 4. The lowest BCUT2D eigenvalue weighted by Gasteiger charge is -2.35. The molecular weight excluding hydrogens is 382 g/mol. The number of hydrogen-bond donors (Lipinski definition) is 2. The molecular formula is C22H27N5O3. The summed E-state index contributed by atoms with van der Waals surface area (Å²) >= 11 is 0. The standard InChI is InChI=1S/C22H27N5O3/c1-23-21(30)19-20(29)18(28)13-27(25-19)14-22(9-3-4-10-22)16-7-5-6-15(12-16)17-8-11-24-26(17)2/h5-8,11,13,15,28H,3-4,9-10,12,14H2,1-2H3,(H,23,30). The Morgan fingerprint density at radius 3 is 2.80 bits per heavy atom. The van der Waals surface area contributed by atoms with E-state index in [0.717, 1.165) is 32.1 Å². The lowest BCUT2D eigenvalue weighted by atomic mass is 9.72. The molecule has 0 aromatic carbocycles. The summed E-state index contributed by atoms with van der Waals surface area (Å²) in [5, 5.41) is 21.1. The number of nitrogens with zero attached hydrogens (tertiary/aromatic N) is 4. The van der Waals surface area contributed by atoms with Gasteiger partial charge in [-0.05, 0) is 25.3 Å². The first kappa shape index (κ1) is 20.1. The number of nitrogens with one attached hydrogen (secondary N) is 1. The van der Waals surface area contributed by atoms with Crippen molar-refractivity contribution in [1.29, 1.82) is 0 Å². The molecule has 0 aliphatic heterocycles. The van der Waals surface area contributed by atoms with Gasteiger partial charge in [0.2, 0.25) is 0 Å². The van der Waals surface area contributed by atoms with Crippen molar-refractivity contribution < 1.29 is 9.90 Å². The maximum atomic E-state index is 12.1. The fourth-order valence-corrected chi connectivity index (χ4v) is 4.84. The van der Waals surface area contributed by atoms with Crippen LogP contribution in [0, 0.1) is 5.41 Å². The zero-order chi connectivity index (χ0) is 21.3. The van der Waals surface area contributed by atoms with Gasteiger partial charge >= 0.3 is 0 Å². The van der Waals surface area contributed by atoms with Crippen LogP contribution in [-0.4, -0.2) is 37.6 Å². The molecule has 2 aliphatic rings. The van der Waals surface area contributed by atoms with Crippen molar-refractivity contribution in [2.45, 2.75) is 44.6 Å². The summed E-state index contributed by atoms with van der Waals surface area (Å²) in [4.78, 5) is 24.2. The van der Waals surface area contributed by atoms with E-state index in [0.29, 0.717) is 6.54 Å². The SMILES string of the molecule is CNC(=O)c1nn(CC2(C3=CC=CC(c4ccnn4C)C3)CCCC2)cc(O)c1=O. The molecule has 2 aromatic rings. The van der Waals surface area contributed by atoms with Gasteiger partial charge in [0.1, 0.15) is 0 Å². The number of aryl methyl sites for hydroxylation is 1. The van der Waals surface area contributed by atoms with Crippen molar-refractivity contribution in [3.63, 3.8) is 0 Å². The lowest BCUT2D eigenvalue weighted by Crippen LogP contribution is -2.33. The summed E-state index contributed by atoms with van der Waals surface area (Å²) in [6.07, 6.45) is 14.8. The predicted octanol–water partition coefficient (Wildman–Crippen LogP) is 2.27. The number of carbonyl (C=O) groups excluding carboxylic acids is 1. The molecule has 8 nitrogen and oxygen atoms in total. The van der Waals surface area contributed by atoms with Crippen molar-refractivity contribution in [1.82, 2.24) is 24.9 Å². The number of amides is 1. The van der Waals surface area contributed by atoms with E-state index in [1.165, 1.54) is 24.5 Å². The smallest absolute Gasteiger partial charge is 0.275 e. The highest BCUT2D eigenvalue weighted by Gasteiger charge is 2.39. The maximum Gasteiger partial charge on any atom is 0.275 e. The molecule has 0 saturated heterocycles. The van der Waals surface area contributed by atoms with Crippen LogP contribution >= 0.6 is 0 Å². The third-order valence-electron chi connectivity index (χ3n) is 6.42. The Kier molecular flexibility index (Phi) is 5.32. The molecule has 0 spiro atoms. The van der Waals surface area contributed by atoms with E-state index in [1.807, 2.05) is 17.9 Å². The van der Waals surface area contributed by atoms with Crippen molar-refractivity contribution in [3.8, 4) is 5.75 Å². The fraction of sp³-hybridized carbons (Fsp3) is 0.455. The molecule has 1 atom stereocenters. The first-order valence-electron chi connectivity index (χ1n) is 10.3. The molecule has 1 saturated carbocycles. The average molecular weight is 409 g/mol. The van der Waals surface area contributed by atoms with Crippen LogP contribution in [0.25, 0.3) is 0 Å². The largest absolute Gasteiger partial charge is 0.503 e. The van der Waals surface area contributed by atoms with Crippen molar-refractivity contribution in [2.24, 2.45) is 12.5 Å². The molecule has 2 aliphatic carbocycles. The van der Waals surface area contributed by atoms with Crippen LogP contribution in [0.3, 0.4) is 0 Å². The molecule has 1 amide bonds. The van der Waals surface area contributed by atoms with Crippen LogP contribution in [0.5, 0.6) is 5.75 Å². The van der Waals surface area contributed by atoms with Crippen molar-refractivity contribution in [3.05, 3.63) is 63.9 Å². The van der Waals surface area contributed by atoms with E-state index in [1.54, 1.807) is 4.68 Å². The van der Waals surface area contributed by atoms with Gasteiger partial charge in [-0.3, -0.25) is 19.0 Å². The molecule has 2 heterocycles. The Morgan fingerprint density at radius 2 is 2.13 bits per heavy atom. The average Bonchev–Trinajstić information content (AvgIpc) is 3.40. The fourth-order valence-electron chi connectivity index (χ4n) is 4.84. The summed E-state index contributed by atoms with van der Waals surface area (Å²) < 4.78 is 3.47. The monoisotopic (exact) mass is 409 g/mol. The van der Waals surface area contributed by atoms with Crippen LogP contribution in [0.1, 0.15) is 54.2 Å². The molecule has 4 rings (SSSR count). The van der Waals surface area contributed by atoms with Gasteiger partial charge in [0.25, 0.3) is 11.3 Å². The van der Waals surface area contributed by atoms with Crippen molar-refractivity contribution in [2.75, 3.05) is 7.05 Å². The maximum absolute atomic E-state index is 12.1. The molecule has 30 heavy (non-hydrogen) atoms. The second-order valence-corrected chi connectivity index (χ2v) is 8.22. The Hall–Kier alpha value is -3.16. The summed E-state index contributed by atoms with van der Waals surface area (Å²) in [5.41, 5.74) is 1.37. The number of hydrogen-bond acceptors (Lipinski definition) is 5. The number of carbonyl (C=O) groups is 1. The van der Waals surface area contributed by atoms with E-state index >= 15 is 0 Å². The molecule has 2 aromatic heterocycles. The predicted molar refractivity (Wildman–Crippen MR) is 112 cm³/mol. The van der Waals surface area contributed by atoms with Crippen molar-refractivity contribution >= 4 is 5.91 Å². The number of aromatic nitrogens is 4. The minimum absolute atomic E-state index is 0.115. The van der Waals surface area contributed by atoms with Gasteiger partial charge < -0.3 is 10.4 Å². The highest BCUT2D eigenvalue weighted by Crippen LogP contribution is 2.49. The molecule has 158 valence electrons. The Bertz CT molecular complexity index is 1070. The second-order valence-electron chi connectivity index (χ2n) is 8.22. The van der Waals surface area contributed by atoms with Crippen LogP contribution in [0.2, 0.25) is 0 Å². The summed E-state index contributed by atoms with van der Waals surface area (Å²) in [6.45, 7) is 0.516. The Morgan fingerprint density at radius 1 is 1.37 bits per heavy atom. The Labute approximate surface area is 174 Å². The zero-order valence-corrected chi connectivity index (χ0v) is 17.3. The van der Waals surface area contributed by atoms with Crippen LogP contribution in [0.15, 0.2) is 47.1 Å². The minimum Gasteiger partial charge on any atom is -0.503 e. The molecule has 1 unspecified atom stereocenters. The molecule has 1 fully saturated rings. The normalized spacial score (nSPS) is 20.2. The lowest BCUT2D eigenvalue weighted by molar-refractivity contribution is 0.0952. The first-order chi connectivity index (χ1) is 14.4. The number of rotatable bonds is 5. The number of aromatic hydroxyl groups is 1. The van der Waals surface area contributed by atoms with E-state index in [9.17, 15) is 14.7 Å². The van der Waals surface area contributed by atoms with Crippen LogP contribution < -0.4 is 10.7 Å². The molecule has 0 bridgehead atoms. The minimum atomic E-state index is -0.748. The quantitative estimate of drug-likeness (QED) is 0.789. The van der Waals surface area contributed by atoms with E-state index < -0.39 is 17.1 Å². The second kappa shape index (κ2) is 7.93. The summed E-state index contributed by atoms with van der Waals surface area (Å²) in [6, 6.07) is 2.05. The van der Waals surface area contributed by atoms with Gasteiger partial charge in [-0.15, -0.1) is 0 Å². The Balaban J connectivity index is 1.66. The zero-order valence-electron chi connectivity index (χ0n) is 17.3. The van der Waals surface area contributed by atoms with Gasteiger partial charge in [0.15, 0.2) is 11.4 Å². The third-order valence-corrected chi connectivity index (χ3v) is 6.42. The van der Waals surface area contributed by atoms with E-state index in [2.05, 4.69) is 39.8 Å². The molecule has 2 N–H and O–H groups in total. The summed E-state index contributed by atoms with van der Waals surface area (Å²) in [5.74, 6) is -0.796. The van der Waals surface area contributed by atoms with Gasteiger partial charge in [0, 0.05) is 37.3 Å². The van der Waals surface area contributed by atoms with Crippen LogP contribution in [-0.2, 0) is 13.6 Å². The topological polar surface area (TPSA) is 102 Å². The van der Waals surface area contributed by atoms with Gasteiger partial charge in [-0.25, -0.2) is 0 Å². The summed E-state index contributed by atoms with van der Waals surface area (Å²) in [7, 11) is 3.40. The van der Waals surface area contributed by atoms with Gasteiger partial charge in [0.05, 0.1) is 12.7 Å². The highest BCUT2D eigenvalue weighted by atomic mass is 16.3. The third kappa shape index (κ3) is 3.58. The first-order valence-corrected chi connectivity index (χ1v) is 10.3. The van der Waals surface area contributed by atoms with Gasteiger partial charge in [-0.1, -0.05) is 36.6 Å². The van der Waals surface area contributed by atoms with Gasteiger partial charge in [-0.2, -0.15) is 10.2 Å². The van der Waals surface area contributed by atoms with E-state index in [-0.39, 0.29) is 17.0 Å². The van der Waals surface area contributed by atoms with E-state index in [4.69, 9.17) is 0 Å². The molecule has 0 radical (unpaired) electrons. The highest BCUT2D eigenvalue weighted by molar-refractivity contribution is 5.92. The molecule has 8 heteroatoms. The van der Waals surface area contributed by atoms with Crippen LogP contribution in [0.4, 0.5) is 0 Å².